The molecule has 0 atom stereocenters. The minimum absolute atomic E-state index is 0.00314. The Bertz CT molecular complexity index is 632. The van der Waals surface area contributed by atoms with Crippen LogP contribution in [0.3, 0.4) is 0 Å². The van der Waals surface area contributed by atoms with Crippen LogP contribution in [0, 0.1) is 0 Å². The van der Waals surface area contributed by atoms with Crippen molar-refractivity contribution in [2.75, 3.05) is 18.9 Å². The van der Waals surface area contributed by atoms with Crippen molar-refractivity contribution in [3.8, 4) is 0 Å². The number of hydrogen-bond acceptors (Lipinski definition) is 3. The van der Waals surface area contributed by atoms with Crippen molar-refractivity contribution in [2.45, 2.75) is 13.0 Å². The molecule has 2 aromatic rings. The molecule has 0 aliphatic carbocycles. The predicted octanol–water partition coefficient (Wildman–Crippen LogP) is 2.42. The summed E-state index contributed by atoms with van der Waals surface area (Å²) in [7, 11) is -3.44. The van der Waals surface area contributed by atoms with Crippen molar-refractivity contribution < 1.29 is 13.5 Å². The number of benzene rings is 2. The summed E-state index contributed by atoms with van der Waals surface area (Å²) in [5.41, 5.74) is 1.78. The fourth-order valence-electron chi connectivity index (χ4n) is 2.49. The van der Waals surface area contributed by atoms with E-state index in [0.717, 1.165) is 11.1 Å². The predicted molar refractivity (Wildman–Crippen MR) is 88.0 cm³/mol. The number of rotatable bonds is 7. The first kappa shape index (κ1) is 16.7. The second-order valence-electron chi connectivity index (χ2n) is 4.96. The first-order chi connectivity index (χ1) is 10.6. The van der Waals surface area contributed by atoms with Gasteiger partial charge in [0.1, 0.15) is 0 Å². The van der Waals surface area contributed by atoms with Gasteiger partial charge in [-0.15, -0.1) is 0 Å². The summed E-state index contributed by atoms with van der Waals surface area (Å²) < 4.78 is 26.4. The molecule has 0 saturated heterocycles. The van der Waals surface area contributed by atoms with Crippen LogP contribution in [0.2, 0.25) is 0 Å². The van der Waals surface area contributed by atoms with Crippen LogP contribution in [0.5, 0.6) is 0 Å². The van der Waals surface area contributed by atoms with Gasteiger partial charge in [0.05, 0.1) is 18.4 Å². The third-order valence-corrected chi connectivity index (χ3v) is 5.40. The lowest BCUT2D eigenvalue weighted by molar-refractivity contribution is 0.238. The van der Waals surface area contributed by atoms with Gasteiger partial charge in [-0.1, -0.05) is 60.7 Å². The zero-order valence-electron chi connectivity index (χ0n) is 12.6. The summed E-state index contributed by atoms with van der Waals surface area (Å²) in [5.74, 6) is 0.00314. The molecule has 0 heterocycles. The number of sulfonamides is 1. The van der Waals surface area contributed by atoms with E-state index in [1.807, 2.05) is 60.7 Å². The first-order valence-electron chi connectivity index (χ1n) is 7.30. The smallest absolute Gasteiger partial charge is 0.214 e. The monoisotopic (exact) mass is 319 g/mol. The molecule has 0 fully saturated rings. The molecule has 1 N–H and O–H groups in total. The summed E-state index contributed by atoms with van der Waals surface area (Å²) in [6.07, 6.45) is 0. The Balaban J connectivity index is 2.56. The standard InChI is InChI=1S/C17H21NO3S/c1-2-22(20,21)18(13-14-19)17(15-9-5-3-6-10-15)16-11-7-4-8-12-16/h3-12,17,19H,2,13-14H2,1H3. The average Bonchev–Trinajstić information content (AvgIpc) is 2.56. The maximum Gasteiger partial charge on any atom is 0.214 e. The topological polar surface area (TPSA) is 57.6 Å². The maximum absolute atomic E-state index is 12.5. The van der Waals surface area contributed by atoms with Gasteiger partial charge >= 0.3 is 0 Å². The van der Waals surface area contributed by atoms with Gasteiger partial charge in [0.25, 0.3) is 0 Å². The molecule has 22 heavy (non-hydrogen) atoms. The van der Waals surface area contributed by atoms with E-state index in [-0.39, 0.29) is 18.9 Å². The fraction of sp³-hybridized carbons (Fsp3) is 0.294. The van der Waals surface area contributed by atoms with Crippen molar-refractivity contribution in [1.82, 2.24) is 4.31 Å². The summed E-state index contributed by atoms with van der Waals surface area (Å²) in [4.78, 5) is 0. The highest BCUT2D eigenvalue weighted by Gasteiger charge is 2.30. The van der Waals surface area contributed by atoms with Gasteiger partial charge in [-0.05, 0) is 18.1 Å². The second kappa shape index (κ2) is 7.54. The summed E-state index contributed by atoms with van der Waals surface area (Å²) in [6.45, 7) is 1.48. The minimum atomic E-state index is -3.44. The van der Waals surface area contributed by atoms with Crippen molar-refractivity contribution in [1.29, 1.82) is 0 Å². The van der Waals surface area contributed by atoms with Crippen molar-refractivity contribution >= 4 is 10.0 Å². The Kier molecular flexibility index (Phi) is 5.71. The zero-order valence-corrected chi connectivity index (χ0v) is 13.4. The highest BCUT2D eigenvalue weighted by Crippen LogP contribution is 2.30. The molecule has 2 aromatic carbocycles. The minimum Gasteiger partial charge on any atom is -0.395 e. The molecule has 0 bridgehead atoms. The molecule has 0 amide bonds. The van der Waals surface area contributed by atoms with E-state index in [1.165, 1.54) is 4.31 Å². The highest BCUT2D eigenvalue weighted by atomic mass is 32.2. The van der Waals surface area contributed by atoms with Gasteiger partial charge in [-0.3, -0.25) is 0 Å². The van der Waals surface area contributed by atoms with Crippen LogP contribution >= 0.6 is 0 Å². The maximum atomic E-state index is 12.5. The molecule has 0 radical (unpaired) electrons. The lowest BCUT2D eigenvalue weighted by Crippen LogP contribution is -2.38. The van der Waals surface area contributed by atoms with E-state index >= 15 is 0 Å². The van der Waals surface area contributed by atoms with Crippen LogP contribution in [0.1, 0.15) is 24.1 Å². The van der Waals surface area contributed by atoms with Gasteiger partial charge in [0.15, 0.2) is 0 Å². The van der Waals surface area contributed by atoms with Gasteiger partial charge in [0.2, 0.25) is 10.0 Å². The zero-order chi connectivity index (χ0) is 16.0. The van der Waals surface area contributed by atoms with E-state index in [4.69, 9.17) is 0 Å². The fourth-order valence-corrected chi connectivity index (χ4v) is 3.74. The molecule has 0 unspecified atom stereocenters. The number of aliphatic hydroxyl groups excluding tert-OH is 1. The SMILES string of the molecule is CCS(=O)(=O)N(CCO)C(c1ccccc1)c1ccccc1. The van der Waals surface area contributed by atoms with Gasteiger partial charge < -0.3 is 5.11 Å². The first-order valence-corrected chi connectivity index (χ1v) is 8.91. The Labute approximate surface area is 132 Å². The average molecular weight is 319 g/mol. The normalized spacial score (nSPS) is 12.0. The van der Waals surface area contributed by atoms with Crippen LogP contribution < -0.4 is 0 Å². The van der Waals surface area contributed by atoms with Gasteiger partial charge in [-0.25, -0.2) is 8.42 Å². The summed E-state index contributed by atoms with van der Waals surface area (Å²) in [6, 6.07) is 18.6. The van der Waals surface area contributed by atoms with Gasteiger partial charge in [0, 0.05) is 6.54 Å². The molecule has 0 aliphatic heterocycles. The largest absolute Gasteiger partial charge is 0.395 e. The molecule has 118 valence electrons. The highest BCUT2D eigenvalue weighted by molar-refractivity contribution is 7.89. The van der Waals surface area contributed by atoms with E-state index in [0.29, 0.717) is 0 Å². The van der Waals surface area contributed by atoms with Crippen LogP contribution in [-0.2, 0) is 10.0 Å². The third kappa shape index (κ3) is 3.74. The summed E-state index contributed by atoms with van der Waals surface area (Å²) >= 11 is 0. The molecule has 0 aliphatic rings. The molecular formula is C17H21NO3S. The van der Waals surface area contributed by atoms with E-state index in [9.17, 15) is 13.5 Å². The number of hydrogen-bond donors (Lipinski definition) is 1. The lowest BCUT2D eigenvalue weighted by atomic mass is 9.99. The Hall–Kier alpha value is -1.69. The molecule has 5 heteroatoms. The van der Waals surface area contributed by atoms with Crippen LogP contribution in [0.4, 0.5) is 0 Å². The molecule has 0 saturated carbocycles. The second-order valence-corrected chi connectivity index (χ2v) is 7.17. The van der Waals surface area contributed by atoms with E-state index in [2.05, 4.69) is 0 Å². The van der Waals surface area contributed by atoms with E-state index < -0.39 is 16.1 Å². The number of aliphatic hydroxyl groups is 1. The van der Waals surface area contributed by atoms with Crippen molar-refractivity contribution in [3.63, 3.8) is 0 Å². The van der Waals surface area contributed by atoms with Gasteiger partial charge in [-0.2, -0.15) is 4.31 Å². The third-order valence-electron chi connectivity index (χ3n) is 3.56. The van der Waals surface area contributed by atoms with Crippen molar-refractivity contribution in [3.05, 3.63) is 71.8 Å². The Morgan fingerprint density at radius 3 is 1.77 bits per heavy atom. The molecule has 4 nitrogen and oxygen atoms in total. The lowest BCUT2D eigenvalue weighted by Gasteiger charge is -2.31. The molecule has 0 aromatic heterocycles. The molecule has 2 rings (SSSR count). The quantitative estimate of drug-likeness (QED) is 0.852. The van der Waals surface area contributed by atoms with Crippen LogP contribution in [-0.4, -0.2) is 36.7 Å². The number of nitrogens with zero attached hydrogens (tertiary/aromatic N) is 1. The van der Waals surface area contributed by atoms with Crippen molar-refractivity contribution in [2.24, 2.45) is 0 Å². The summed E-state index contributed by atoms with van der Waals surface area (Å²) in [5, 5.41) is 9.33. The van der Waals surface area contributed by atoms with Crippen LogP contribution in [0.15, 0.2) is 60.7 Å². The van der Waals surface area contributed by atoms with E-state index in [1.54, 1.807) is 6.92 Å². The Morgan fingerprint density at radius 1 is 0.955 bits per heavy atom. The van der Waals surface area contributed by atoms with Crippen LogP contribution in [0.25, 0.3) is 0 Å². The molecule has 0 spiro atoms. The Morgan fingerprint density at radius 2 is 1.41 bits per heavy atom. The molecular weight excluding hydrogens is 298 g/mol.